The second-order valence-electron chi connectivity index (χ2n) is 5.39. The number of hydrogen-bond donors (Lipinski definition) is 1. The fourth-order valence-corrected chi connectivity index (χ4v) is 2.28. The lowest BCUT2D eigenvalue weighted by Gasteiger charge is -2.17. The zero-order valence-electron chi connectivity index (χ0n) is 13.3. The Balaban J connectivity index is 0.00000242. The van der Waals surface area contributed by atoms with Gasteiger partial charge in [0.2, 0.25) is 0 Å². The number of aliphatic hydroxyl groups is 1. The van der Waals surface area contributed by atoms with E-state index >= 15 is 0 Å². The first kappa shape index (κ1) is 18.6. The van der Waals surface area contributed by atoms with E-state index in [4.69, 9.17) is 0 Å². The van der Waals surface area contributed by atoms with E-state index in [0.29, 0.717) is 6.42 Å². The third-order valence-electron chi connectivity index (χ3n) is 3.44. The number of pyridine rings is 1. The summed E-state index contributed by atoms with van der Waals surface area (Å²) in [5.41, 5.74) is 4.66. The number of halogens is 1. The van der Waals surface area contributed by atoms with Gasteiger partial charge in [-0.3, -0.25) is 0 Å². The van der Waals surface area contributed by atoms with E-state index < -0.39 is 0 Å². The molecule has 0 amide bonds. The molecular formula is C18H23IN2O. The Morgan fingerprint density at radius 1 is 1.05 bits per heavy atom. The molecule has 1 heterocycles. The molecule has 0 atom stereocenters. The van der Waals surface area contributed by atoms with Gasteiger partial charge in [0, 0.05) is 38.5 Å². The van der Waals surface area contributed by atoms with E-state index in [2.05, 4.69) is 47.4 Å². The summed E-state index contributed by atoms with van der Waals surface area (Å²) in [4.78, 5) is 2.08. The van der Waals surface area contributed by atoms with Crippen LogP contribution >= 0.6 is 0 Å². The van der Waals surface area contributed by atoms with Gasteiger partial charge in [-0.15, -0.1) is 0 Å². The molecule has 0 bridgehead atoms. The SMILES string of the molecule is CN(C)c1ccc(/C=C/c2cc[n+](C)cc2)cc1CCO.[I-]. The molecule has 0 saturated heterocycles. The molecule has 0 aliphatic carbocycles. The molecule has 2 aromatic rings. The highest BCUT2D eigenvalue weighted by Crippen LogP contribution is 2.22. The van der Waals surface area contributed by atoms with Crippen molar-refractivity contribution in [3.63, 3.8) is 0 Å². The normalized spacial score (nSPS) is 10.5. The van der Waals surface area contributed by atoms with Crippen LogP contribution in [0.25, 0.3) is 12.2 Å². The van der Waals surface area contributed by atoms with Crippen LogP contribution in [0.2, 0.25) is 0 Å². The standard InChI is InChI=1S/C18H23N2O.HI/c1-19(2)18-7-6-16(14-17(18)10-13-21)5-4-15-8-11-20(3)12-9-15;/h4-9,11-12,14,21H,10,13H2,1-3H3;1H/q+1;/p-1. The molecule has 4 heteroatoms. The lowest BCUT2D eigenvalue weighted by Crippen LogP contribution is -3.00. The zero-order chi connectivity index (χ0) is 15.2. The number of hydrogen-bond acceptors (Lipinski definition) is 2. The van der Waals surface area contributed by atoms with Crippen LogP contribution in [0.1, 0.15) is 16.7 Å². The van der Waals surface area contributed by atoms with Gasteiger partial charge < -0.3 is 34.0 Å². The second kappa shape index (κ2) is 8.90. The minimum absolute atomic E-state index is 0. The minimum atomic E-state index is 0. The lowest BCUT2D eigenvalue weighted by atomic mass is 10.0. The number of nitrogens with zero attached hydrogens (tertiary/aromatic N) is 2. The van der Waals surface area contributed by atoms with Gasteiger partial charge in [-0.1, -0.05) is 18.2 Å². The molecule has 1 aromatic carbocycles. The highest BCUT2D eigenvalue weighted by molar-refractivity contribution is 5.71. The first-order valence-electron chi connectivity index (χ1n) is 7.14. The molecule has 0 saturated carbocycles. The average molecular weight is 410 g/mol. The van der Waals surface area contributed by atoms with Crippen LogP contribution in [-0.4, -0.2) is 25.8 Å². The van der Waals surface area contributed by atoms with Crippen molar-refractivity contribution < 1.29 is 33.7 Å². The number of aromatic nitrogens is 1. The van der Waals surface area contributed by atoms with E-state index in [0.717, 1.165) is 11.3 Å². The van der Waals surface area contributed by atoms with Crippen LogP contribution in [0.5, 0.6) is 0 Å². The van der Waals surface area contributed by atoms with Crippen LogP contribution in [0, 0.1) is 0 Å². The fraction of sp³-hybridized carbons (Fsp3) is 0.278. The molecule has 0 spiro atoms. The van der Waals surface area contributed by atoms with Crippen LogP contribution < -0.4 is 33.4 Å². The number of aryl methyl sites for hydroxylation is 1. The first-order valence-corrected chi connectivity index (χ1v) is 7.14. The zero-order valence-corrected chi connectivity index (χ0v) is 15.5. The van der Waals surface area contributed by atoms with Crippen LogP contribution in [0.4, 0.5) is 5.69 Å². The second-order valence-corrected chi connectivity index (χ2v) is 5.39. The maximum Gasteiger partial charge on any atom is 0.169 e. The third kappa shape index (κ3) is 5.10. The molecule has 0 radical (unpaired) electrons. The van der Waals surface area contributed by atoms with Gasteiger partial charge in [-0.05, 0) is 35.2 Å². The fourth-order valence-electron chi connectivity index (χ4n) is 2.28. The van der Waals surface area contributed by atoms with Crippen molar-refractivity contribution in [2.45, 2.75) is 6.42 Å². The van der Waals surface area contributed by atoms with E-state index in [-0.39, 0.29) is 30.6 Å². The highest BCUT2D eigenvalue weighted by atomic mass is 127. The minimum Gasteiger partial charge on any atom is -1.00 e. The largest absolute Gasteiger partial charge is 1.00 e. The summed E-state index contributed by atoms with van der Waals surface area (Å²) in [6.45, 7) is 0.170. The molecule has 3 nitrogen and oxygen atoms in total. The Hall–Kier alpha value is -1.40. The van der Waals surface area contributed by atoms with E-state index in [9.17, 15) is 5.11 Å². The summed E-state index contributed by atoms with van der Waals surface area (Å²) in [5.74, 6) is 0. The molecule has 0 unspecified atom stereocenters. The molecule has 118 valence electrons. The van der Waals surface area contributed by atoms with Gasteiger partial charge >= 0.3 is 0 Å². The number of rotatable bonds is 5. The summed E-state index contributed by atoms with van der Waals surface area (Å²) in [5, 5.41) is 9.21. The predicted molar refractivity (Wildman–Crippen MR) is 88.1 cm³/mol. The average Bonchev–Trinajstić information content (AvgIpc) is 2.47. The van der Waals surface area contributed by atoms with Crippen molar-refractivity contribution in [2.24, 2.45) is 7.05 Å². The quantitative estimate of drug-likeness (QED) is 0.521. The number of benzene rings is 1. The number of aliphatic hydroxyl groups excluding tert-OH is 1. The van der Waals surface area contributed by atoms with E-state index in [1.807, 2.05) is 38.1 Å². The van der Waals surface area contributed by atoms with Crippen molar-refractivity contribution in [2.75, 3.05) is 25.6 Å². The molecule has 1 aromatic heterocycles. The van der Waals surface area contributed by atoms with Gasteiger partial charge in [-0.2, -0.15) is 0 Å². The Morgan fingerprint density at radius 3 is 2.27 bits per heavy atom. The van der Waals surface area contributed by atoms with Crippen molar-refractivity contribution in [1.82, 2.24) is 0 Å². The van der Waals surface area contributed by atoms with E-state index in [1.165, 1.54) is 11.1 Å². The molecule has 22 heavy (non-hydrogen) atoms. The molecule has 0 aliphatic heterocycles. The Labute approximate surface area is 149 Å². The maximum absolute atomic E-state index is 9.21. The molecular weight excluding hydrogens is 387 g/mol. The van der Waals surface area contributed by atoms with E-state index in [1.54, 1.807) is 0 Å². The Bertz CT molecular complexity index is 621. The third-order valence-corrected chi connectivity index (χ3v) is 3.44. The summed E-state index contributed by atoms with van der Waals surface area (Å²) in [6, 6.07) is 10.5. The molecule has 0 fully saturated rings. The topological polar surface area (TPSA) is 27.4 Å². The van der Waals surface area contributed by atoms with Gasteiger partial charge in [0.25, 0.3) is 0 Å². The molecule has 2 rings (SSSR count). The molecule has 1 N–H and O–H groups in total. The molecule has 0 aliphatic rings. The summed E-state index contributed by atoms with van der Waals surface area (Å²) in [7, 11) is 6.06. The summed E-state index contributed by atoms with van der Waals surface area (Å²) >= 11 is 0. The number of anilines is 1. The maximum atomic E-state index is 9.21. The summed E-state index contributed by atoms with van der Waals surface area (Å²) < 4.78 is 2.02. The van der Waals surface area contributed by atoms with Gasteiger partial charge in [0.1, 0.15) is 7.05 Å². The van der Waals surface area contributed by atoms with Crippen molar-refractivity contribution in [3.05, 3.63) is 59.4 Å². The van der Waals surface area contributed by atoms with Crippen molar-refractivity contribution in [1.29, 1.82) is 0 Å². The smallest absolute Gasteiger partial charge is 0.169 e. The van der Waals surface area contributed by atoms with Crippen LogP contribution in [-0.2, 0) is 13.5 Å². The van der Waals surface area contributed by atoms with Gasteiger partial charge in [0.05, 0.1) is 0 Å². The van der Waals surface area contributed by atoms with Gasteiger partial charge in [0.15, 0.2) is 12.4 Å². The van der Waals surface area contributed by atoms with Gasteiger partial charge in [-0.25, -0.2) is 4.57 Å². The summed E-state index contributed by atoms with van der Waals surface area (Å²) in [6.07, 6.45) is 8.96. The monoisotopic (exact) mass is 410 g/mol. The Morgan fingerprint density at radius 2 is 1.68 bits per heavy atom. The predicted octanol–water partition coefficient (Wildman–Crippen LogP) is -0.714. The van der Waals surface area contributed by atoms with Crippen molar-refractivity contribution in [3.8, 4) is 0 Å². The van der Waals surface area contributed by atoms with Crippen LogP contribution in [0.15, 0.2) is 42.7 Å². The van der Waals surface area contributed by atoms with Crippen molar-refractivity contribution >= 4 is 17.8 Å². The Kier molecular flexibility index (Phi) is 7.55. The highest BCUT2D eigenvalue weighted by Gasteiger charge is 2.04. The van der Waals surface area contributed by atoms with Crippen LogP contribution in [0.3, 0.4) is 0 Å². The first-order chi connectivity index (χ1) is 10.1. The lowest BCUT2D eigenvalue weighted by molar-refractivity contribution is -0.671.